The molecule has 0 radical (unpaired) electrons. The van der Waals surface area contributed by atoms with Gasteiger partial charge in [0.15, 0.2) is 0 Å². The Kier molecular flexibility index (Phi) is 3.32. The van der Waals surface area contributed by atoms with Crippen LogP contribution >= 0.6 is 0 Å². The largest absolute Gasteiger partial charge is 0.481 e. The zero-order valence-electron chi connectivity index (χ0n) is 9.39. The van der Waals surface area contributed by atoms with E-state index in [-0.39, 0.29) is 0 Å². The highest BCUT2D eigenvalue weighted by Gasteiger charge is 1.98. The number of anilines is 1. The fourth-order valence-electron chi connectivity index (χ4n) is 1.54. The van der Waals surface area contributed by atoms with Gasteiger partial charge in [-0.1, -0.05) is 30.2 Å². The lowest BCUT2D eigenvalue weighted by Crippen LogP contribution is -1.92. The zero-order valence-corrected chi connectivity index (χ0v) is 9.39. The Morgan fingerprint density at radius 3 is 2.00 bits per heavy atom. The van der Waals surface area contributed by atoms with Crippen molar-refractivity contribution in [3.63, 3.8) is 0 Å². The Morgan fingerprint density at radius 1 is 0.941 bits per heavy atom. The summed E-state index contributed by atoms with van der Waals surface area (Å²) in [6, 6.07) is 15.6. The fraction of sp³-hybridized carbons (Fsp3) is 0.0667. The van der Waals surface area contributed by atoms with Gasteiger partial charge in [-0.25, -0.2) is 0 Å². The summed E-state index contributed by atoms with van der Waals surface area (Å²) in [4.78, 5) is 0. The maximum atomic E-state index is 5.64. The van der Waals surface area contributed by atoms with Crippen LogP contribution in [0, 0.1) is 12.3 Å². The highest BCUT2D eigenvalue weighted by Crippen LogP contribution is 2.23. The first kappa shape index (κ1) is 11.1. The molecule has 0 heterocycles. The number of terminal acetylenes is 1. The Morgan fingerprint density at radius 2 is 1.47 bits per heavy atom. The summed E-state index contributed by atoms with van der Waals surface area (Å²) in [6.07, 6.45) is 5.12. The van der Waals surface area contributed by atoms with Crippen molar-refractivity contribution in [3.05, 3.63) is 48.5 Å². The van der Waals surface area contributed by atoms with Gasteiger partial charge in [0, 0.05) is 5.69 Å². The van der Waals surface area contributed by atoms with Crippen molar-refractivity contribution in [3.8, 4) is 29.2 Å². The molecular weight excluding hydrogens is 210 g/mol. The molecule has 0 saturated carbocycles. The molecular formula is C15H13NO. The van der Waals surface area contributed by atoms with E-state index in [1.54, 1.807) is 0 Å². The molecule has 0 atom stereocenters. The van der Waals surface area contributed by atoms with E-state index in [0.717, 1.165) is 22.6 Å². The van der Waals surface area contributed by atoms with Crippen LogP contribution in [0.5, 0.6) is 5.75 Å². The van der Waals surface area contributed by atoms with Crippen molar-refractivity contribution in [2.45, 2.75) is 0 Å². The van der Waals surface area contributed by atoms with Gasteiger partial charge in [0.05, 0.1) is 0 Å². The van der Waals surface area contributed by atoms with Crippen molar-refractivity contribution in [1.82, 2.24) is 0 Å². The molecule has 2 rings (SSSR count). The minimum absolute atomic E-state index is 0.293. The Bertz CT molecular complexity index is 520. The molecule has 0 aliphatic rings. The summed E-state index contributed by atoms with van der Waals surface area (Å²) >= 11 is 0. The predicted octanol–water partition coefficient (Wildman–Crippen LogP) is 2.95. The minimum atomic E-state index is 0.293. The molecule has 0 unspecified atom stereocenters. The second-order valence-electron chi connectivity index (χ2n) is 3.64. The Hall–Kier alpha value is -2.40. The standard InChI is InChI=1S/C15H13NO/c1-2-11-17-15-9-5-13(6-10-15)12-3-7-14(16)8-4-12/h1,3-10H,11,16H2. The van der Waals surface area contributed by atoms with Crippen molar-refractivity contribution >= 4 is 5.69 Å². The SMILES string of the molecule is C#CCOc1ccc(-c2ccc(N)cc2)cc1. The first-order valence-electron chi connectivity index (χ1n) is 5.32. The maximum Gasteiger partial charge on any atom is 0.148 e. The highest BCUT2D eigenvalue weighted by molar-refractivity contribution is 5.66. The highest BCUT2D eigenvalue weighted by atomic mass is 16.5. The Labute approximate surface area is 101 Å². The molecule has 2 aromatic carbocycles. The summed E-state index contributed by atoms with van der Waals surface area (Å²) in [5, 5.41) is 0. The van der Waals surface area contributed by atoms with Crippen molar-refractivity contribution in [2.75, 3.05) is 12.3 Å². The van der Waals surface area contributed by atoms with Crippen LogP contribution < -0.4 is 10.5 Å². The molecule has 0 fully saturated rings. The van der Waals surface area contributed by atoms with Crippen molar-refractivity contribution in [2.24, 2.45) is 0 Å². The van der Waals surface area contributed by atoms with E-state index < -0.39 is 0 Å². The minimum Gasteiger partial charge on any atom is -0.481 e. The summed E-state index contributed by atoms with van der Waals surface area (Å²) < 4.78 is 5.31. The number of benzene rings is 2. The zero-order chi connectivity index (χ0) is 12.1. The van der Waals surface area contributed by atoms with Gasteiger partial charge >= 0.3 is 0 Å². The van der Waals surface area contributed by atoms with Crippen LogP contribution in [0.2, 0.25) is 0 Å². The molecule has 84 valence electrons. The van der Waals surface area contributed by atoms with Gasteiger partial charge in [-0.3, -0.25) is 0 Å². The second kappa shape index (κ2) is 5.09. The van der Waals surface area contributed by atoms with E-state index in [0.29, 0.717) is 6.61 Å². The van der Waals surface area contributed by atoms with Crippen LogP contribution in [0.15, 0.2) is 48.5 Å². The van der Waals surface area contributed by atoms with E-state index >= 15 is 0 Å². The molecule has 0 aliphatic carbocycles. The number of nitrogen functional groups attached to an aromatic ring is 1. The summed E-state index contributed by atoms with van der Waals surface area (Å²) in [6.45, 7) is 0.293. The third-order valence-electron chi connectivity index (χ3n) is 2.42. The molecule has 2 nitrogen and oxygen atoms in total. The van der Waals surface area contributed by atoms with E-state index in [9.17, 15) is 0 Å². The number of hydrogen-bond acceptors (Lipinski definition) is 2. The van der Waals surface area contributed by atoms with Crippen LogP contribution in [0.3, 0.4) is 0 Å². The van der Waals surface area contributed by atoms with Gasteiger partial charge in [-0.2, -0.15) is 0 Å². The topological polar surface area (TPSA) is 35.2 Å². The molecule has 0 bridgehead atoms. The maximum absolute atomic E-state index is 5.64. The molecule has 0 spiro atoms. The molecule has 2 heteroatoms. The molecule has 0 saturated heterocycles. The van der Waals surface area contributed by atoms with Gasteiger partial charge in [0.2, 0.25) is 0 Å². The van der Waals surface area contributed by atoms with Crippen molar-refractivity contribution < 1.29 is 4.74 Å². The quantitative estimate of drug-likeness (QED) is 0.641. The average Bonchev–Trinajstić information content (AvgIpc) is 2.38. The van der Waals surface area contributed by atoms with Gasteiger partial charge in [0.1, 0.15) is 12.4 Å². The third-order valence-corrected chi connectivity index (χ3v) is 2.42. The lowest BCUT2D eigenvalue weighted by atomic mass is 10.1. The summed E-state index contributed by atoms with van der Waals surface area (Å²) in [7, 11) is 0. The monoisotopic (exact) mass is 223 g/mol. The van der Waals surface area contributed by atoms with Crippen molar-refractivity contribution in [1.29, 1.82) is 0 Å². The van der Waals surface area contributed by atoms with Gasteiger partial charge in [0.25, 0.3) is 0 Å². The Balaban J connectivity index is 2.18. The van der Waals surface area contributed by atoms with E-state index in [4.69, 9.17) is 16.9 Å². The molecule has 0 aliphatic heterocycles. The third kappa shape index (κ3) is 2.79. The molecule has 0 aromatic heterocycles. The molecule has 17 heavy (non-hydrogen) atoms. The number of ether oxygens (including phenoxy) is 1. The van der Waals surface area contributed by atoms with E-state index in [1.165, 1.54) is 0 Å². The van der Waals surface area contributed by atoms with Gasteiger partial charge < -0.3 is 10.5 Å². The van der Waals surface area contributed by atoms with Crippen LogP contribution in [-0.2, 0) is 0 Å². The normalized spacial score (nSPS) is 9.59. The van der Waals surface area contributed by atoms with Crippen LogP contribution in [0.1, 0.15) is 0 Å². The van der Waals surface area contributed by atoms with E-state index in [1.807, 2.05) is 48.5 Å². The fourth-order valence-corrected chi connectivity index (χ4v) is 1.54. The second-order valence-corrected chi connectivity index (χ2v) is 3.64. The first-order chi connectivity index (χ1) is 8.29. The van der Waals surface area contributed by atoms with Gasteiger partial charge in [-0.15, -0.1) is 6.42 Å². The molecule has 0 amide bonds. The molecule has 2 aromatic rings. The number of hydrogen-bond donors (Lipinski definition) is 1. The molecule has 2 N–H and O–H groups in total. The smallest absolute Gasteiger partial charge is 0.148 e. The summed E-state index contributed by atoms with van der Waals surface area (Å²) in [5.74, 6) is 3.21. The summed E-state index contributed by atoms with van der Waals surface area (Å²) in [5.41, 5.74) is 8.66. The lowest BCUT2D eigenvalue weighted by Gasteiger charge is -2.05. The number of nitrogens with two attached hydrogens (primary N) is 1. The first-order valence-corrected chi connectivity index (χ1v) is 5.32. The van der Waals surface area contributed by atoms with E-state index in [2.05, 4.69) is 5.92 Å². The lowest BCUT2D eigenvalue weighted by molar-refractivity contribution is 0.370. The van der Waals surface area contributed by atoms with Crippen LogP contribution in [0.25, 0.3) is 11.1 Å². The average molecular weight is 223 g/mol. The van der Waals surface area contributed by atoms with Gasteiger partial charge in [-0.05, 0) is 35.4 Å². The van der Waals surface area contributed by atoms with Crippen LogP contribution in [-0.4, -0.2) is 6.61 Å². The number of rotatable bonds is 3. The van der Waals surface area contributed by atoms with Crippen LogP contribution in [0.4, 0.5) is 5.69 Å². The predicted molar refractivity (Wildman–Crippen MR) is 70.6 cm³/mol.